The first kappa shape index (κ1) is 31.9. The molecule has 0 fully saturated rings. The van der Waals surface area contributed by atoms with Crippen LogP contribution < -0.4 is 0 Å². The van der Waals surface area contributed by atoms with Crippen molar-refractivity contribution in [1.82, 2.24) is 19.5 Å². The largest absolute Gasteiger partial charge is 0.456 e. The van der Waals surface area contributed by atoms with E-state index in [4.69, 9.17) is 19.4 Å². The minimum Gasteiger partial charge on any atom is -0.456 e. The molecule has 8 aromatic carbocycles. The van der Waals surface area contributed by atoms with Crippen LogP contribution in [-0.4, -0.2) is 19.5 Å². The second-order valence-electron chi connectivity index (χ2n) is 14.4. The molecular formula is C51H30N4OS. The summed E-state index contributed by atoms with van der Waals surface area (Å²) in [7, 11) is 0. The third-order valence-corrected chi connectivity index (χ3v) is 12.2. The number of hydrogen-bond donors (Lipinski definition) is 0. The molecule has 0 radical (unpaired) electrons. The van der Waals surface area contributed by atoms with Crippen molar-refractivity contribution in [1.29, 1.82) is 0 Å². The molecule has 0 saturated carbocycles. The predicted octanol–water partition coefficient (Wildman–Crippen LogP) is 13.9. The molecule has 0 N–H and O–H groups in total. The van der Waals surface area contributed by atoms with Crippen molar-refractivity contribution in [3.63, 3.8) is 0 Å². The summed E-state index contributed by atoms with van der Waals surface area (Å²) in [6, 6.07) is 63.8. The highest BCUT2D eigenvalue weighted by atomic mass is 32.1. The Balaban J connectivity index is 1.02. The van der Waals surface area contributed by atoms with E-state index in [1.165, 1.54) is 53.2 Å². The van der Waals surface area contributed by atoms with Gasteiger partial charge in [-0.2, -0.15) is 0 Å². The number of fused-ring (bicyclic) bond motifs is 9. The Morgan fingerprint density at radius 1 is 0.386 bits per heavy atom. The Morgan fingerprint density at radius 3 is 1.65 bits per heavy atom. The van der Waals surface area contributed by atoms with Crippen molar-refractivity contribution in [2.24, 2.45) is 0 Å². The van der Waals surface area contributed by atoms with Crippen LogP contribution >= 0.6 is 11.3 Å². The summed E-state index contributed by atoms with van der Waals surface area (Å²) in [4.78, 5) is 14.8. The van der Waals surface area contributed by atoms with Crippen molar-refractivity contribution >= 4 is 75.3 Å². The molecule has 0 atom stereocenters. The van der Waals surface area contributed by atoms with E-state index in [2.05, 4.69) is 126 Å². The van der Waals surface area contributed by atoms with Crippen molar-refractivity contribution in [3.05, 3.63) is 182 Å². The van der Waals surface area contributed by atoms with Crippen LogP contribution in [0.3, 0.4) is 0 Å². The Morgan fingerprint density at radius 2 is 0.965 bits per heavy atom. The average Bonchev–Trinajstić information content (AvgIpc) is 3.96. The molecule has 0 aliphatic rings. The Bertz CT molecular complexity index is 3420. The number of hydrogen-bond acceptors (Lipinski definition) is 5. The van der Waals surface area contributed by atoms with E-state index in [1.54, 1.807) is 0 Å². The van der Waals surface area contributed by atoms with Crippen LogP contribution in [0.15, 0.2) is 186 Å². The minimum atomic E-state index is 0.598. The Hall–Kier alpha value is -7.41. The molecule has 57 heavy (non-hydrogen) atoms. The highest BCUT2D eigenvalue weighted by Crippen LogP contribution is 2.45. The summed E-state index contributed by atoms with van der Waals surface area (Å²) in [6.45, 7) is 0. The fourth-order valence-electron chi connectivity index (χ4n) is 8.48. The van der Waals surface area contributed by atoms with E-state index in [1.807, 2.05) is 72.0 Å². The van der Waals surface area contributed by atoms with Crippen molar-refractivity contribution in [2.75, 3.05) is 0 Å². The first-order valence-corrected chi connectivity index (χ1v) is 19.8. The number of rotatable bonds is 5. The zero-order valence-electron chi connectivity index (χ0n) is 30.4. The molecule has 12 rings (SSSR count). The van der Waals surface area contributed by atoms with Gasteiger partial charge in [0.2, 0.25) is 0 Å². The summed E-state index contributed by atoms with van der Waals surface area (Å²) >= 11 is 1.85. The van der Waals surface area contributed by atoms with Crippen LogP contribution in [0.1, 0.15) is 0 Å². The molecule has 0 aliphatic heterocycles. The van der Waals surface area contributed by atoms with Crippen LogP contribution in [0.5, 0.6) is 0 Å². The summed E-state index contributed by atoms with van der Waals surface area (Å²) < 4.78 is 11.5. The summed E-state index contributed by atoms with van der Waals surface area (Å²) in [5.41, 5.74) is 10.3. The third kappa shape index (κ3) is 5.04. The predicted molar refractivity (Wildman–Crippen MR) is 236 cm³/mol. The van der Waals surface area contributed by atoms with E-state index in [0.29, 0.717) is 17.5 Å². The van der Waals surface area contributed by atoms with Crippen LogP contribution in [0.4, 0.5) is 0 Å². The van der Waals surface area contributed by atoms with Crippen molar-refractivity contribution < 1.29 is 4.42 Å². The van der Waals surface area contributed by atoms with Gasteiger partial charge in [-0.15, -0.1) is 11.3 Å². The Labute approximate surface area is 330 Å². The standard InChI is InChI=1S/C51H30N4OS/c1-3-13-31(14-4-1)49-52-50(32-15-5-2-6-16-32)54-51(53-49)34-25-27-38-39-29-33(26-28-43(39)56-44(38)30-34)35-19-11-23-45-47(35)48-42(22-12-24-46(48)57-45)55-40-20-9-7-17-36(40)37-18-8-10-21-41(37)55/h1-30H. The zero-order chi connectivity index (χ0) is 37.5. The van der Waals surface area contributed by atoms with Crippen LogP contribution in [0.25, 0.3) is 115 Å². The van der Waals surface area contributed by atoms with Gasteiger partial charge in [0.25, 0.3) is 0 Å². The molecule has 4 aromatic heterocycles. The molecule has 0 aliphatic carbocycles. The highest BCUT2D eigenvalue weighted by molar-refractivity contribution is 7.26. The van der Waals surface area contributed by atoms with Gasteiger partial charge in [0.1, 0.15) is 11.2 Å². The number of benzene rings is 8. The number of nitrogens with zero attached hydrogens (tertiary/aromatic N) is 4. The van der Waals surface area contributed by atoms with Crippen molar-refractivity contribution in [2.45, 2.75) is 0 Å². The van der Waals surface area contributed by atoms with E-state index >= 15 is 0 Å². The molecule has 0 saturated heterocycles. The monoisotopic (exact) mass is 746 g/mol. The SMILES string of the molecule is c1ccc(-c2nc(-c3ccccc3)nc(-c3ccc4c(c3)oc3ccc(-c5cccc6sc7cccc(-n8c9ccccc9c9ccccc98)c7c56)cc34)n2)cc1. The van der Waals surface area contributed by atoms with E-state index in [9.17, 15) is 0 Å². The smallest absolute Gasteiger partial charge is 0.164 e. The first-order valence-electron chi connectivity index (χ1n) is 19.0. The summed E-state index contributed by atoms with van der Waals surface area (Å²) in [5, 5.41) is 7.16. The molecule has 5 nitrogen and oxygen atoms in total. The molecule has 0 spiro atoms. The minimum absolute atomic E-state index is 0.598. The molecule has 6 heteroatoms. The van der Waals surface area contributed by atoms with Gasteiger partial charge >= 0.3 is 0 Å². The maximum Gasteiger partial charge on any atom is 0.164 e. The fraction of sp³-hybridized carbons (Fsp3) is 0. The molecule has 4 heterocycles. The first-order chi connectivity index (χ1) is 28.2. The quantitative estimate of drug-likeness (QED) is 0.176. The molecule has 0 amide bonds. The van der Waals surface area contributed by atoms with Gasteiger partial charge in [-0.25, -0.2) is 15.0 Å². The topological polar surface area (TPSA) is 56.7 Å². The zero-order valence-corrected chi connectivity index (χ0v) is 31.2. The maximum absolute atomic E-state index is 6.56. The molecule has 0 unspecified atom stereocenters. The van der Waals surface area contributed by atoms with Crippen LogP contribution in [0, 0.1) is 0 Å². The van der Waals surface area contributed by atoms with Gasteiger partial charge in [0, 0.05) is 58.4 Å². The number of furan rings is 1. The summed E-state index contributed by atoms with van der Waals surface area (Å²) in [6.07, 6.45) is 0. The van der Waals surface area contributed by atoms with Crippen LogP contribution in [0.2, 0.25) is 0 Å². The lowest BCUT2D eigenvalue weighted by Crippen LogP contribution is -2.00. The second-order valence-corrected chi connectivity index (χ2v) is 15.4. The van der Waals surface area contributed by atoms with E-state index in [-0.39, 0.29) is 0 Å². The fourth-order valence-corrected chi connectivity index (χ4v) is 9.63. The lowest BCUT2D eigenvalue weighted by molar-refractivity contribution is 0.669. The Kier molecular flexibility index (Phi) is 7.03. The lowest BCUT2D eigenvalue weighted by Gasteiger charge is -2.12. The van der Waals surface area contributed by atoms with Crippen molar-refractivity contribution in [3.8, 4) is 51.0 Å². The van der Waals surface area contributed by atoms with Gasteiger partial charge in [-0.05, 0) is 65.7 Å². The second kappa shape index (κ2) is 12.6. The van der Waals surface area contributed by atoms with Gasteiger partial charge < -0.3 is 8.98 Å². The molecule has 266 valence electrons. The number of thiophene rings is 1. The molecular weight excluding hydrogens is 717 g/mol. The number of aromatic nitrogens is 4. The van der Waals surface area contributed by atoms with Gasteiger partial charge in [0.15, 0.2) is 17.5 Å². The van der Waals surface area contributed by atoms with Gasteiger partial charge in [-0.3, -0.25) is 0 Å². The molecule has 12 aromatic rings. The molecule has 0 bridgehead atoms. The van der Waals surface area contributed by atoms with E-state index < -0.39 is 0 Å². The van der Waals surface area contributed by atoms with E-state index in [0.717, 1.165) is 44.2 Å². The highest BCUT2D eigenvalue weighted by Gasteiger charge is 2.20. The summed E-state index contributed by atoms with van der Waals surface area (Å²) in [5.74, 6) is 1.86. The third-order valence-electron chi connectivity index (χ3n) is 11.1. The normalized spacial score (nSPS) is 11.9. The van der Waals surface area contributed by atoms with Gasteiger partial charge in [0.05, 0.1) is 16.7 Å². The maximum atomic E-state index is 6.56. The van der Waals surface area contributed by atoms with Crippen LogP contribution in [-0.2, 0) is 0 Å². The average molecular weight is 747 g/mol. The van der Waals surface area contributed by atoms with Gasteiger partial charge in [-0.1, -0.05) is 127 Å². The lowest BCUT2D eigenvalue weighted by atomic mass is 9.97. The number of para-hydroxylation sites is 2.